The molecule has 1 aliphatic heterocycles. The first-order valence-corrected chi connectivity index (χ1v) is 6.73. The minimum atomic E-state index is -3.31. The number of hydrogen-bond acceptors (Lipinski definition) is 7. The van der Waals surface area contributed by atoms with E-state index in [1.165, 1.54) is 11.4 Å². The predicted octanol–water partition coefficient (Wildman–Crippen LogP) is -0.236. The van der Waals surface area contributed by atoms with E-state index < -0.39 is 10.0 Å². The van der Waals surface area contributed by atoms with Gasteiger partial charge in [-0.15, -0.1) is 4.33 Å². The van der Waals surface area contributed by atoms with Gasteiger partial charge in [-0.2, -0.15) is 4.31 Å². The molecule has 0 aromatic carbocycles. The van der Waals surface area contributed by atoms with Gasteiger partial charge in [0.2, 0.25) is 10.0 Å². The molecular formula is C6H13NO6S2. The van der Waals surface area contributed by atoms with E-state index in [0.29, 0.717) is 38.3 Å². The fourth-order valence-electron chi connectivity index (χ4n) is 1.03. The van der Waals surface area contributed by atoms with Gasteiger partial charge in [0.1, 0.15) is 5.08 Å². The van der Waals surface area contributed by atoms with E-state index in [-0.39, 0.29) is 5.08 Å². The van der Waals surface area contributed by atoms with Gasteiger partial charge in [-0.05, 0) is 0 Å². The summed E-state index contributed by atoms with van der Waals surface area (Å²) in [6.45, 7) is 1.63. The summed E-state index contributed by atoms with van der Waals surface area (Å²) < 4.78 is 34.0. The quantitative estimate of drug-likeness (QED) is 0.282. The van der Waals surface area contributed by atoms with Crippen LogP contribution in [0.3, 0.4) is 0 Å². The second kappa shape index (κ2) is 6.63. The molecule has 1 heterocycles. The molecule has 1 aliphatic rings. The smallest absolute Gasteiger partial charge is 0.226 e. The van der Waals surface area contributed by atoms with Crippen molar-refractivity contribution in [3.8, 4) is 0 Å². The van der Waals surface area contributed by atoms with Crippen molar-refractivity contribution < 1.29 is 27.4 Å². The number of nitrogens with zero attached hydrogens (tertiary/aromatic N) is 1. The van der Waals surface area contributed by atoms with Crippen molar-refractivity contribution in [2.24, 2.45) is 0 Å². The first-order valence-electron chi connectivity index (χ1n) is 4.21. The summed E-state index contributed by atoms with van der Waals surface area (Å²) in [7, 11) is -2.05. The normalized spacial score (nSPS) is 19.3. The van der Waals surface area contributed by atoms with Gasteiger partial charge >= 0.3 is 0 Å². The van der Waals surface area contributed by atoms with Gasteiger partial charge in [-0.1, -0.05) is 5.04 Å². The molecule has 0 bridgehead atoms. The van der Waals surface area contributed by atoms with Crippen LogP contribution in [0, 0.1) is 0 Å². The Morgan fingerprint density at radius 3 is 2.67 bits per heavy atom. The van der Waals surface area contributed by atoms with Gasteiger partial charge in [0.15, 0.2) is 0 Å². The maximum atomic E-state index is 11.6. The molecule has 0 spiro atoms. The standard InChI is InChI=1S/C6H13NO6S2/c1-10-12-13-14-6-15(8,9)7-2-4-11-5-3-7/h2-6H2,1H3. The topological polar surface area (TPSA) is 74.3 Å². The number of morpholine rings is 1. The molecule has 0 aromatic heterocycles. The molecule has 0 unspecified atom stereocenters. The van der Waals surface area contributed by atoms with Gasteiger partial charge in [-0.25, -0.2) is 13.3 Å². The number of ether oxygens (including phenoxy) is 1. The highest BCUT2D eigenvalue weighted by atomic mass is 32.3. The van der Waals surface area contributed by atoms with Gasteiger partial charge in [0, 0.05) is 13.1 Å². The lowest BCUT2D eigenvalue weighted by atomic mass is 10.5. The van der Waals surface area contributed by atoms with Crippen molar-refractivity contribution in [2.75, 3.05) is 38.5 Å². The summed E-state index contributed by atoms with van der Waals surface area (Å²) in [6.07, 6.45) is 0. The number of hydrogen-bond donors (Lipinski definition) is 0. The van der Waals surface area contributed by atoms with Crippen LogP contribution in [0.1, 0.15) is 0 Å². The van der Waals surface area contributed by atoms with E-state index in [1.54, 1.807) is 0 Å². The Morgan fingerprint density at radius 2 is 2.07 bits per heavy atom. The zero-order valence-electron chi connectivity index (χ0n) is 8.25. The van der Waals surface area contributed by atoms with Crippen molar-refractivity contribution in [1.82, 2.24) is 4.31 Å². The molecule has 0 atom stereocenters. The zero-order valence-corrected chi connectivity index (χ0v) is 9.88. The minimum Gasteiger partial charge on any atom is -0.379 e. The molecular weight excluding hydrogens is 246 g/mol. The molecule has 1 rings (SSSR count). The fraction of sp³-hybridized carbons (Fsp3) is 1.00. The number of rotatable bonds is 6. The van der Waals surface area contributed by atoms with Crippen LogP contribution in [-0.4, -0.2) is 51.2 Å². The van der Waals surface area contributed by atoms with Crippen LogP contribution in [0.15, 0.2) is 0 Å². The first-order chi connectivity index (χ1) is 7.17. The Kier molecular flexibility index (Phi) is 5.82. The van der Waals surface area contributed by atoms with E-state index in [2.05, 4.69) is 14.3 Å². The Morgan fingerprint density at radius 1 is 1.40 bits per heavy atom. The molecule has 9 heteroatoms. The summed E-state index contributed by atoms with van der Waals surface area (Å²) in [5.74, 6) is 0. The summed E-state index contributed by atoms with van der Waals surface area (Å²) in [6, 6.07) is 0. The van der Waals surface area contributed by atoms with Crippen LogP contribution in [0.4, 0.5) is 0 Å². The Bertz CT molecular complexity index is 263. The third kappa shape index (κ3) is 4.64. The van der Waals surface area contributed by atoms with Crippen LogP contribution in [0.2, 0.25) is 0 Å². The molecule has 0 saturated carbocycles. The first kappa shape index (κ1) is 13.2. The lowest BCUT2D eigenvalue weighted by molar-refractivity contribution is -0.447. The Balaban J connectivity index is 2.30. The molecule has 15 heavy (non-hydrogen) atoms. The van der Waals surface area contributed by atoms with Crippen LogP contribution < -0.4 is 0 Å². The molecule has 0 amide bonds. The summed E-state index contributed by atoms with van der Waals surface area (Å²) >= 11 is 0.661. The molecule has 7 nitrogen and oxygen atoms in total. The van der Waals surface area contributed by atoms with Crippen LogP contribution in [0.5, 0.6) is 0 Å². The third-order valence-corrected chi connectivity index (χ3v) is 4.58. The van der Waals surface area contributed by atoms with E-state index >= 15 is 0 Å². The fourth-order valence-corrected chi connectivity index (χ4v) is 3.07. The molecule has 1 saturated heterocycles. The number of sulfonamides is 1. The highest BCUT2D eigenvalue weighted by Crippen LogP contribution is 2.13. The van der Waals surface area contributed by atoms with Crippen molar-refractivity contribution in [3.63, 3.8) is 0 Å². The van der Waals surface area contributed by atoms with Crippen molar-refractivity contribution in [3.05, 3.63) is 0 Å². The summed E-state index contributed by atoms with van der Waals surface area (Å²) in [5, 5.41) is 3.86. The van der Waals surface area contributed by atoms with Crippen molar-refractivity contribution in [1.29, 1.82) is 0 Å². The maximum Gasteiger partial charge on any atom is 0.226 e. The molecule has 0 aromatic rings. The lowest BCUT2D eigenvalue weighted by Crippen LogP contribution is -2.41. The maximum absolute atomic E-state index is 11.6. The molecule has 1 fully saturated rings. The summed E-state index contributed by atoms with van der Waals surface area (Å²) in [5.41, 5.74) is 0. The molecule has 0 aliphatic carbocycles. The van der Waals surface area contributed by atoms with Gasteiger partial charge in [0.05, 0.1) is 32.4 Å². The van der Waals surface area contributed by atoms with Gasteiger partial charge in [-0.3, -0.25) is 0 Å². The zero-order chi connectivity index (χ0) is 11.1. The lowest BCUT2D eigenvalue weighted by Gasteiger charge is -2.25. The van der Waals surface area contributed by atoms with Crippen LogP contribution >= 0.6 is 12.0 Å². The Hall–Kier alpha value is 0.1000. The van der Waals surface area contributed by atoms with Gasteiger partial charge in [0.25, 0.3) is 0 Å². The van der Waals surface area contributed by atoms with Gasteiger partial charge < -0.3 is 4.74 Å². The second-order valence-corrected chi connectivity index (χ2v) is 5.66. The largest absolute Gasteiger partial charge is 0.379 e. The van der Waals surface area contributed by atoms with Crippen LogP contribution in [-0.2, 0) is 29.0 Å². The molecule has 90 valence electrons. The van der Waals surface area contributed by atoms with E-state index in [9.17, 15) is 8.42 Å². The summed E-state index contributed by atoms with van der Waals surface area (Å²) in [4.78, 5) is 4.13. The third-order valence-electron chi connectivity index (χ3n) is 1.70. The second-order valence-electron chi connectivity index (χ2n) is 2.66. The molecule has 0 N–H and O–H groups in total. The monoisotopic (exact) mass is 259 g/mol. The van der Waals surface area contributed by atoms with E-state index in [1.807, 2.05) is 0 Å². The SMILES string of the molecule is COOOSCS(=O)(=O)N1CCOCC1. The average molecular weight is 259 g/mol. The highest BCUT2D eigenvalue weighted by molar-refractivity contribution is 8.08. The van der Waals surface area contributed by atoms with Crippen molar-refractivity contribution >= 4 is 22.1 Å². The van der Waals surface area contributed by atoms with E-state index in [4.69, 9.17) is 4.74 Å². The van der Waals surface area contributed by atoms with Crippen LogP contribution in [0.25, 0.3) is 0 Å². The molecule has 0 radical (unpaired) electrons. The van der Waals surface area contributed by atoms with Crippen molar-refractivity contribution in [2.45, 2.75) is 0 Å². The average Bonchev–Trinajstić information content (AvgIpc) is 2.26. The van der Waals surface area contributed by atoms with E-state index in [0.717, 1.165) is 0 Å². The highest BCUT2D eigenvalue weighted by Gasteiger charge is 2.24. The predicted molar refractivity (Wildman–Crippen MR) is 52.9 cm³/mol. The minimum absolute atomic E-state index is 0.212. The Labute approximate surface area is 92.7 Å².